The third kappa shape index (κ3) is 1.46. The number of phenols is 1. The lowest BCUT2D eigenvalue weighted by atomic mass is 9.95. The minimum absolute atomic E-state index is 0.0221. The molecule has 1 atom stereocenters. The van der Waals surface area contributed by atoms with Crippen molar-refractivity contribution in [2.45, 2.75) is 18.9 Å². The van der Waals surface area contributed by atoms with Gasteiger partial charge in [0, 0.05) is 11.6 Å². The van der Waals surface area contributed by atoms with Crippen molar-refractivity contribution in [3.8, 4) is 5.75 Å². The van der Waals surface area contributed by atoms with Crippen LogP contribution in [0, 0.1) is 5.92 Å². The molecule has 0 spiro atoms. The first-order valence-corrected chi connectivity index (χ1v) is 5.73. The molecule has 3 N–H and O–H groups in total. The van der Waals surface area contributed by atoms with Crippen molar-refractivity contribution in [3.63, 3.8) is 0 Å². The van der Waals surface area contributed by atoms with Crippen LogP contribution in [0.25, 0.3) is 10.8 Å². The van der Waals surface area contributed by atoms with Crippen molar-refractivity contribution >= 4 is 10.8 Å². The first-order chi connectivity index (χ1) is 7.77. The van der Waals surface area contributed by atoms with E-state index in [2.05, 4.69) is 6.07 Å². The SMILES string of the molecule is N[C@@H](c1c(O)ccc2ccccc12)C1CC1. The Morgan fingerprint density at radius 3 is 2.62 bits per heavy atom. The summed E-state index contributed by atoms with van der Waals surface area (Å²) in [5.74, 6) is 0.884. The average Bonchev–Trinajstić information content (AvgIpc) is 3.12. The molecule has 0 radical (unpaired) electrons. The Morgan fingerprint density at radius 2 is 1.88 bits per heavy atom. The quantitative estimate of drug-likeness (QED) is 0.805. The number of hydrogen-bond donors (Lipinski definition) is 2. The number of phenolic OH excluding ortho intramolecular Hbond substituents is 1. The van der Waals surface area contributed by atoms with Gasteiger partial charge in [0.1, 0.15) is 5.75 Å². The van der Waals surface area contributed by atoms with Crippen LogP contribution >= 0.6 is 0 Å². The lowest BCUT2D eigenvalue weighted by Crippen LogP contribution is -2.13. The summed E-state index contributed by atoms with van der Waals surface area (Å²) in [4.78, 5) is 0. The lowest BCUT2D eigenvalue weighted by molar-refractivity contribution is 0.458. The van der Waals surface area contributed by atoms with Gasteiger partial charge in [-0.2, -0.15) is 0 Å². The molecule has 0 bridgehead atoms. The van der Waals surface area contributed by atoms with Crippen LogP contribution in [0.5, 0.6) is 5.75 Å². The highest BCUT2D eigenvalue weighted by Crippen LogP contribution is 2.44. The molecule has 1 aliphatic rings. The Bertz CT molecular complexity index is 531. The summed E-state index contributed by atoms with van der Waals surface area (Å²) >= 11 is 0. The van der Waals surface area contributed by atoms with E-state index >= 15 is 0 Å². The van der Waals surface area contributed by atoms with Crippen LogP contribution in [0.1, 0.15) is 24.4 Å². The van der Waals surface area contributed by atoms with Crippen LogP contribution in [0.2, 0.25) is 0 Å². The van der Waals surface area contributed by atoms with Crippen LogP contribution < -0.4 is 5.73 Å². The predicted octanol–water partition coefficient (Wildman–Crippen LogP) is 2.96. The molecule has 1 saturated carbocycles. The predicted molar refractivity (Wildman–Crippen MR) is 65.3 cm³/mol. The van der Waals surface area contributed by atoms with Gasteiger partial charge >= 0.3 is 0 Å². The van der Waals surface area contributed by atoms with Gasteiger partial charge in [0.05, 0.1) is 0 Å². The fourth-order valence-electron chi connectivity index (χ4n) is 2.33. The average molecular weight is 213 g/mol. The summed E-state index contributed by atoms with van der Waals surface area (Å²) in [6.45, 7) is 0. The minimum Gasteiger partial charge on any atom is -0.508 e. The van der Waals surface area contributed by atoms with E-state index in [4.69, 9.17) is 5.73 Å². The van der Waals surface area contributed by atoms with Crippen LogP contribution in [-0.4, -0.2) is 5.11 Å². The van der Waals surface area contributed by atoms with Gasteiger partial charge in [-0.15, -0.1) is 0 Å². The van der Waals surface area contributed by atoms with Gasteiger partial charge in [-0.3, -0.25) is 0 Å². The molecule has 3 rings (SSSR count). The smallest absolute Gasteiger partial charge is 0.120 e. The highest BCUT2D eigenvalue weighted by molar-refractivity contribution is 5.88. The van der Waals surface area contributed by atoms with Gasteiger partial charge in [-0.25, -0.2) is 0 Å². The van der Waals surface area contributed by atoms with Crippen molar-refractivity contribution in [1.82, 2.24) is 0 Å². The van der Waals surface area contributed by atoms with Crippen molar-refractivity contribution in [2.75, 3.05) is 0 Å². The number of fused-ring (bicyclic) bond motifs is 1. The molecule has 0 unspecified atom stereocenters. The van der Waals surface area contributed by atoms with E-state index in [1.54, 1.807) is 6.07 Å². The first kappa shape index (κ1) is 9.67. The number of rotatable bonds is 2. The van der Waals surface area contributed by atoms with E-state index in [1.807, 2.05) is 24.3 Å². The number of aromatic hydroxyl groups is 1. The zero-order valence-corrected chi connectivity index (χ0v) is 9.06. The molecular weight excluding hydrogens is 198 g/mol. The Labute approximate surface area is 94.7 Å². The number of benzene rings is 2. The highest BCUT2D eigenvalue weighted by atomic mass is 16.3. The zero-order valence-electron chi connectivity index (χ0n) is 9.06. The summed E-state index contributed by atoms with van der Waals surface area (Å²) in [5, 5.41) is 12.2. The molecule has 1 aliphatic carbocycles. The van der Waals surface area contributed by atoms with Gasteiger partial charge in [-0.05, 0) is 35.6 Å². The molecule has 0 heterocycles. The minimum atomic E-state index is -0.0221. The number of hydrogen-bond acceptors (Lipinski definition) is 2. The molecule has 2 aromatic rings. The van der Waals surface area contributed by atoms with Gasteiger partial charge < -0.3 is 10.8 Å². The summed E-state index contributed by atoms with van der Waals surface area (Å²) < 4.78 is 0. The second kappa shape index (κ2) is 3.49. The second-order valence-corrected chi connectivity index (χ2v) is 4.58. The van der Waals surface area contributed by atoms with Gasteiger partial charge in [0.15, 0.2) is 0 Å². The topological polar surface area (TPSA) is 46.2 Å². The molecule has 0 saturated heterocycles. The highest BCUT2D eigenvalue weighted by Gasteiger charge is 2.31. The Balaban J connectivity index is 2.23. The van der Waals surface area contributed by atoms with Crippen molar-refractivity contribution in [2.24, 2.45) is 11.7 Å². The van der Waals surface area contributed by atoms with E-state index in [-0.39, 0.29) is 6.04 Å². The Morgan fingerprint density at radius 1 is 1.12 bits per heavy atom. The van der Waals surface area contributed by atoms with Crippen LogP contribution in [-0.2, 0) is 0 Å². The Hall–Kier alpha value is -1.54. The molecular formula is C14H15NO. The van der Waals surface area contributed by atoms with Crippen molar-refractivity contribution in [3.05, 3.63) is 42.0 Å². The molecule has 16 heavy (non-hydrogen) atoms. The molecule has 82 valence electrons. The summed E-state index contributed by atoms with van der Waals surface area (Å²) in [5.41, 5.74) is 7.12. The molecule has 2 nitrogen and oxygen atoms in total. The first-order valence-electron chi connectivity index (χ1n) is 5.73. The third-order valence-corrected chi connectivity index (χ3v) is 3.41. The zero-order chi connectivity index (χ0) is 11.1. The fourth-order valence-corrected chi connectivity index (χ4v) is 2.33. The van der Waals surface area contributed by atoms with Crippen molar-refractivity contribution < 1.29 is 5.11 Å². The maximum atomic E-state index is 9.98. The number of nitrogens with two attached hydrogens (primary N) is 1. The van der Waals surface area contributed by atoms with E-state index in [1.165, 1.54) is 12.8 Å². The normalized spacial score (nSPS) is 17.6. The van der Waals surface area contributed by atoms with Gasteiger partial charge in [-0.1, -0.05) is 30.3 Å². The molecule has 0 aromatic heterocycles. The van der Waals surface area contributed by atoms with Gasteiger partial charge in [0.25, 0.3) is 0 Å². The summed E-state index contributed by atoms with van der Waals surface area (Å²) in [6, 6.07) is 11.8. The van der Waals surface area contributed by atoms with E-state index in [9.17, 15) is 5.11 Å². The monoisotopic (exact) mass is 213 g/mol. The maximum absolute atomic E-state index is 9.98. The molecule has 0 aliphatic heterocycles. The fraction of sp³-hybridized carbons (Fsp3) is 0.286. The van der Waals surface area contributed by atoms with Crippen LogP contribution in [0.3, 0.4) is 0 Å². The standard InChI is InChI=1S/C14H15NO/c15-14(10-5-6-10)13-11-4-2-1-3-9(11)7-8-12(13)16/h1-4,7-8,10,14,16H,5-6,15H2/t14-/m1/s1. The molecule has 0 amide bonds. The van der Waals surface area contributed by atoms with Crippen LogP contribution in [0.4, 0.5) is 0 Å². The summed E-state index contributed by atoms with van der Waals surface area (Å²) in [6.07, 6.45) is 2.37. The second-order valence-electron chi connectivity index (χ2n) is 4.58. The molecule has 2 aromatic carbocycles. The summed E-state index contributed by atoms with van der Waals surface area (Å²) in [7, 11) is 0. The van der Waals surface area contributed by atoms with Crippen molar-refractivity contribution in [1.29, 1.82) is 0 Å². The lowest BCUT2D eigenvalue weighted by Gasteiger charge is -2.15. The third-order valence-electron chi connectivity index (χ3n) is 3.41. The van der Waals surface area contributed by atoms with E-state index in [0.717, 1.165) is 16.3 Å². The maximum Gasteiger partial charge on any atom is 0.120 e. The molecule has 1 fully saturated rings. The van der Waals surface area contributed by atoms with Crippen LogP contribution in [0.15, 0.2) is 36.4 Å². The van der Waals surface area contributed by atoms with E-state index < -0.39 is 0 Å². The van der Waals surface area contributed by atoms with Gasteiger partial charge in [0.2, 0.25) is 0 Å². The van der Waals surface area contributed by atoms with E-state index in [0.29, 0.717) is 11.7 Å². The Kier molecular flexibility index (Phi) is 2.11. The largest absolute Gasteiger partial charge is 0.508 e. The molecule has 2 heteroatoms.